The first-order valence-electron chi connectivity index (χ1n) is 18.4. The van der Waals surface area contributed by atoms with Gasteiger partial charge in [0.05, 0.1) is 17.6 Å². The minimum Gasteiger partial charge on any atom is -0.481 e. The van der Waals surface area contributed by atoms with Gasteiger partial charge in [-0.3, -0.25) is 19.5 Å². The van der Waals surface area contributed by atoms with E-state index in [2.05, 4.69) is 64.8 Å². The molecule has 1 saturated heterocycles. The summed E-state index contributed by atoms with van der Waals surface area (Å²) in [6, 6.07) is 22.5. The number of aromatic nitrogens is 2. The highest BCUT2D eigenvalue weighted by Gasteiger charge is 2.40. The molecule has 1 aliphatic heterocycles. The molecule has 3 heterocycles. The van der Waals surface area contributed by atoms with Gasteiger partial charge in [-0.05, 0) is 71.3 Å². The van der Waals surface area contributed by atoms with E-state index >= 15 is 0 Å². The largest absolute Gasteiger partial charge is 0.481 e. The maximum Gasteiger partial charge on any atom is 0.309 e. The number of piperidine rings is 1. The average molecular weight is 736 g/mol. The van der Waals surface area contributed by atoms with Crippen molar-refractivity contribution in [2.24, 2.45) is 5.92 Å². The summed E-state index contributed by atoms with van der Waals surface area (Å²) in [4.78, 5) is 31.1. The number of hydrogen-bond acceptors (Lipinski definition) is 8. The Balaban J connectivity index is 0.000000178. The van der Waals surface area contributed by atoms with E-state index in [0.29, 0.717) is 25.5 Å². The number of likely N-dealkylation sites (tertiary alicyclic amines) is 1. The van der Waals surface area contributed by atoms with Gasteiger partial charge >= 0.3 is 5.97 Å². The lowest BCUT2D eigenvalue weighted by Crippen LogP contribution is -2.58. The monoisotopic (exact) mass is 735 g/mol. The predicted molar refractivity (Wildman–Crippen MR) is 200 cm³/mol. The van der Waals surface area contributed by atoms with Gasteiger partial charge in [-0.25, -0.2) is 8.78 Å². The second kappa shape index (κ2) is 15.9. The van der Waals surface area contributed by atoms with Crippen LogP contribution in [0.2, 0.25) is 0 Å². The van der Waals surface area contributed by atoms with Crippen LogP contribution in [-0.4, -0.2) is 68.4 Å². The zero-order valence-corrected chi connectivity index (χ0v) is 29.9. The Bertz CT molecular complexity index is 2140. The molecule has 0 radical (unpaired) electrons. The average Bonchev–Trinajstić information content (AvgIpc) is 3.82. The van der Waals surface area contributed by atoms with Gasteiger partial charge in [0.25, 0.3) is 5.91 Å². The smallest absolute Gasteiger partial charge is 0.309 e. The Labute approximate surface area is 312 Å². The molecule has 3 aliphatic rings. The Hall–Kier alpha value is -5.46. The summed E-state index contributed by atoms with van der Waals surface area (Å²) in [6.45, 7) is 2.96. The van der Waals surface area contributed by atoms with Gasteiger partial charge in [0.15, 0.2) is 11.5 Å². The lowest BCUT2D eigenvalue weighted by Gasteiger charge is -2.43. The highest BCUT2D eigenvalue weighted by Crippen LogP contribution is 2.42. The second-order valence-electron chi connectivity index (χ2n) is 14.3. The summed E-state index contributed by atoms with van der Waals surface area (Å²) in [7, 11) is 0. The van der Waals surface area contributed by atoms with E-state index in [0.717, 1.165) is 43.1 Å². The van der Waals surface area contributed by atoms with Crippen LogP contribution in [0.25, 0.3) is 22.5 Å². The number of nitrogens with zero attached hydrogens (tertiary/aromatic N) is 3. The number of carbonyl (C=O) groups is 2. The first kappa shape index (κ1) is 36.9. The number of benzene rings is 3. The zero-order valence-electron chi connectivity index (χ0n) is 29.9. The third kappa shape index (κ3) is 7.62. The molecule has 5 aromatic rings. The quantitative estimate of drug-likeness (QED) is 0.129. The summed E-state index contributed by atoms with van der Waals surface area (Å²) < 4.78 is 32.1. The Morgan fingerprint density at radius 1 is 0.963 bits per heavy atom. The van der Waals surface area contributed by atoms with Crippen LogP contribution in [-0.2, 0) is 11.2 Å². The van der Waals surface area contributed by atoms with Crippen molar-refractivity contribution in [1.29, 1.82) is 0 Å². The van der Waals surface area contributed by atoms with E-state index in [9.17, 15) is 28.6 Å². The van der Waals surface area contributed by atoms with Gasteiger partial charge in [-0.2, -0.15) is 0 Å². The maximum absolute atomic E-state index is 14.0. The highest BCUT2D eigenvalue weighted by atomic mass is 19.1. The van der Waals surface area contributed by atoms with Gasteiger partial charge in [0.2, 0.25) is 0 Å². The number of aliphatic carboxylic acids is 1. The fraction of sp³-hybridized carbons (Fsp3) is 0.333. The number of aliphatic hydroxyl groups is 1. The van der Waals surface area contributed by atoms with Crippen LogP contribution in [0.5, 0.6) is 0 Å². The third-order valence-electron chi connectivity index (χ3n) is 11.0. The van der Waals surface area contributed by atoms with E-state index in [1.54, 1.807) is 0 Å². The van der Waals surface area contributed by atoms with Crippen LogP contribution in [0.3, 0.4) is 0 Å². The SMILES string of the molecule is C[C@@H](c1ccccn1)c1ccc2c(c1N)Cc1ccccc1-2.O=C(N[C@H]1CCN([C@@H]2CCCC[C@@H]2O)C[C@@H]1C(=O)O)c1cc(-c2ccc(F)cc2F)on1. The fourth-order valence-electron chi connectivity index (χ4n) is 8.08. The molecule has 2 aliphatic carbocycles. The Morgan fingerprint density at radius 2 is 1.74 bits per heavy atom. The van der Waals surface area contributed by atoms with Gasteiger partial charge in [-0.15, -0.1) is 0 Å². The van der Waals surface area contributed by atoms with Gasteiger partial charge < -0.3 is 25.8 Å². The molecule has 0 bridgehead atoms. The standard InChI is InChI=1S/C22H25F2N3O5.C20H18N2/c23-12-5-6-13(15(24)9-12)20-10-17(26-32-20)21(29)25-16-7-8-27(11-14(16)22(30)31)18-3-1-2-4-19(18)28;1-13(19-8-4-5-11-22-19)15-9-10-17-16-7-3-2-6-14(16)12-18(17)20(15)21/h5-6,9-10,14,16,18-19,28H,1-4,7-8,11H2,(H,25,29)(H,30,31);2-11,13H,12,21H2,1H3/t14-,16-,18+,19-;13-/m01/s1. The molecule has 1 saturated carbocycles. The Kier molecular flexibility index (Phi) is 10.8. The zero-order chi connectivity index (χ0) is 37.9. The third-order valence-corrected chi connectivity index (χ3v) is 11.0. The van der Waals surface area contributed by atoms with E-state index < -0.39 is 41.6 Å². The summed E-state index contributed by atoms with van der Waals surface area (Å²) in [6.07, 6.45) is 6.21. The molecule has 280 valence electrons. The Morgan fingerprint density at radius 3 is 2.50 bits per heavy atom. The van der Waals surface area contributed by atoms with Crippen molar-refractivity contribution < 1.29 is 33.1 Å². The molecule has 5 N–H and O–H groups in total. The van der Waals surface area contributed by atoms with Crippen molar-refractivity contribution in [3.8, 4) is 22.5 Å². The number of anilines is 1. The molecule has 5 atom stereocenters. The van der Waals surface area contributed by atoms with Crippen LogP contribution in [0.1, 0.15) is 77.8 Å². The van der Waals surface area contributed by atoms with Gasteiger partial charge in [-0.1, -0.05) is 67.4 Å². The number of hydrogen-bond donors (Lipinski definition) is 4. The molecule has 1 amide bonds. The van der Waals surface area contributed by atoms with Crippen molar-refractivity contribution in [1.82, 2.24) is 20.4 Å². The van der Waals surface area contributed by atoms with Gasteiger partial charge in [0.1, 0.15) is 11.6 Å². The fourth-order valence-corrected chi connectivity index (χ4v) is 8.08. The van der Waals surface area contributed by atoms with Crippen molar-refractivity contribution in [2.75, 3.05) is 18.8 Å². The molecule has 2 aromatic heterocycles. The number of carboxylic acids is 1. The highest BCUT2D eigenvalue weighted by molar-refractivity contribution is 5.93. The lowest BCUT2D eigenvalue weighted by molar-refractivity contribution is -0.145. The molecule has 10 nitrogen and oxygen atoms in total. The normalized spacial score (nSPS) is 21.3. The predicted octanol–water partition coefficient (Wildman–Crippen LogP) is 6.82. The van der Waals surface area contributed by atoms with Gasteiger partial charge in [0, 0.05) is 67.2 Å². The number of nitrogens with one attached hydrogen (secondary N) is 1. The number of rotatable bonds is 7. The van der Waals surface area contributed by atoms with E-state index in [-0.39, 0.29) is 35.5 Å². The molecule has 8 rings (SSSR count). The van der Waals surface area contributed by atoms with Crippen molar-refractivity contribution >= 4 is 17.6 Å². The van der Waals surface area contributed by atoms with Crippen molar-refractivity contribution in [2.45, 2.75) is 69.6 Å². The summed E-state index contributed by atoms with van der Waals surface area (Å²) in [5, 5.41) is 26.4. The van der Waals surface area contributed by atoms with Crippen LogP contribution in [0.4, 0.5) is 14.5 Å². The molecule has 12 heteroatoms. The molecular formula is C42H43F2N5O5. The molecular weight excluding hydrogens is 692 g/mol. The minimum atomic E-state index is -1.03. The van der Waals surface area contributed by atoms with E-state index in [4.69, 9.17) is 10.3 Å². The van der Waals surface area contributed by atoms with E-state index in [1.165, 1.54) is 39.9 Å². The van der Waals surface area contributed by atoms with Crippen LogP contribution < -0.4 is 11.1 Å². The molecule has 3 aromatic carbocycles. The number of carbonyl (C=O) groups excluding carboxylic acids is 1. The molecule has 0 spiro atoms. The van der Waals surface area contributed by atoms with Crippen molar-refractivity contribution in [3.63, 3.8) is 0 Å². The molecule has 2 fully saturated rings. The first-order chi connectivity index (χ1) is 26.1. The number of nitrogen functional groups attached to an aromatic ring is 1. The second-order valence-corrected chi connectivity index (χ2v) is 14.3. The number of pyridine rings is 1. The molecule has 0 unspecified atom stereocenters. The summed E-state index contributed by atoms with van der Waals surface area (Å²) >= 11 is 0. The number of carboxylic acid groups (broad SMARTS) is 1. The van der Waals surface area contributed by atoms with Crippen LogP contribution in [0.15, 0.2) is 89.6 Å². The van der Waals surface area contributed by atoms with Crippen LogP contribution in [0, 0.1) is 17.6 Å². The minimum absolute atomic E-state index is 0.0384. The maximum atomic E-state index is 14.0. The number of aliphatic hydroxyl groups excluding tert-OH is 1. The number of nitrogens with two attached hydrogens (primary N) is 1. The lowest BCUT2D eigenvalue weighted by atomic mass is 9.86. The number of halogens is 2. The topological polar surface area (TPSA) is 155 Å². The summed E-state index contributed by atoms with van der Waals surface area (Å²) in [5.74, 6) is -3.93. The van der Waals surface area contributed by atoms with Crippen molar-refractivity contribution in [3.05, 3.63) is 125 Å². The molecule has 54 heavy (non-hydrogen) atoms. The number of fused-ring (bicyclic) bond motifs is 3. The first-order valence-corrected chi connectivity index (χ1v) is 18.4. The number of amides is 1. The summed E-state index contributed by atoms with van der Waals surface area (Å²) in [5.41, 5.74) is 14.7. The van der Waals surface area contributed by atoms with Crippen LogP contribution >= 0.6 is 0 Å². The van der Waals surface area contributed by atoms with E-state index in [1.807, 2.05) is 23.2 Å².